The summed E-state index contributed by atoms with van der Waals surface area (Å²) in [5, 5.41) is 0. The molecule has 0 amide bonds. The third-order valence-corrected chi connectivity index (χ3v) is 4.55. The minimum Gasteiger partial charge on any atom is -0.465 e. The van der Waals surface area contributed by atoms with Crippen molar-refractivity contribution in [1.82, 2.24) is 0 Å². The summed E-state index contributed by atoms with van der Waals surface area (Å²) in [6, 6.07) is 3.89. The fourth-order valence-corrected chi connectivity index (χ4v) is 2.47. The van der Waals surface area contributed by atoms with E-state index in [1.807, 2.05) is 53.7 Å². The molecule has 0 saturated carbocycles. The Balaban J connectivity index is 2.55. The molecule has 0 spiro atoms. The average molecular weight is 290 g/mol. The van der Waals surface area contributed by atoms with Gasteiger partial charge in [0.25, 0.3) is 0 Å². The number of carbonyl (C=O) groups is 1. The van der Waals surface area contributed by atoms with Crippen molar-refractivity contribution >= 4 is 18.6 Å². The number of ether oxygens (including phenoxy) is 1. The summed E-state index contributed by atoms with van der Waals surface area (Å²) in [6.45, 7) is 11.8. The highest BCUT2D eigenvalue weighted by Crippen LogP contribution is 2.37. The Hall–Kier alpha value is -1.33. The molecule has 1 fully saturated rings. The first kappa shape index (κ1) is 16.1. The van der Waals surface area contributed by atoms with E-state index in [-0.39, 0.29) is 5.97 Å². The molecule has 0 aromatic heterocycles. The summed E-state index contributed by atoms with van der Waals surface area (Å²) in [7, 11) is 0.821. The van der Waals surface area contributed by atoms with E-state index in [9.17, 15) is 4.79 Å². The fraction of sp³-hybridized carbons (Fsp3) is 0.562. The molecule has 21 heavy (non-hydrogen) atoms. The lowest BCUT2D eigenvalue weighted by molar-refractivity contribution is 0.00578. The second-order valence-electron chi connectivity index (χ2n) is 6.57. The van der Waals surface area contributed by atoms with Gasteiger partial charge in [0, 0.05) is 5.46 Å². The number of benzene rings is 1. The van der Waals surface area contributed by atoms with Gasteiger partial charge in [-0.3, -0.25) is 0 Å². The lowest BCUT2D eigenvalue weighted by Gasteiger charge is -2.32. The Morgan fingerprint density at radius 2 is 1.52 bits per heavy atom. The van der Waals surface area contributed by atoms with E-state index in [0.29, 0.717) is 5.56 Å². The van der Waals surface area contributed by atoms with Crippen LogP contribution in [-0.4, -0.2) is 31.4 Å². The van der Waals surface area contributed by atoms with E-state index in [1.54, 1.807) is 0 Å². The van der Waals surface area contributed by atoms with Crippen LogP contribution in [-0.2, 0) is 14.0 Å². The normalized spacial score (nSPS) is 19.7. The number of hydrogen-bond acceptors (Lipinski definition) is 4. The van der Waals surface area contributed by atoms with Gasteiger partial charge >= 0.3 is 13.1 Å². The third-order valence-electron chi connectivity index (χ3n) is 4.55. The number of aryl methyl sites for hydroxylation is 2. The van der Waals surface area contributed by atoms with Gasteiger partial charge < -0.3 is 14.0 Å². The standard InChI is InChI=1S/C16H23BO4/c1-10-8-9-11(2)13(12(10)14(18)19-7)17-20-15(3,4)16(5,6)21-17/h8-9H,1-7H3. The molecule has 1 aromatic rings. The maximum atomic E-state index is 12.2. The van der Waals surface area contributed by atoms with E-state index >= 15 is 0 Å². The van der Waals surface area contributed by atoms with Crippen LogP contribution < -0.4 is 5.46 Å². The van der Waals surface area contributed by atoms with Gasteiger partial charge in [0.15, 0.2) is 0 Å². The Kier molecular flexibility index (Phi) is 3.93. The third kappa shape index (κ3) is 2.60. The second-order valence-corrected chi connectivity index (χ2v) is 6.57. The van der Waals surface area contributed by atoms with Gasteiger partial charge in [0.1, 0.15) is 0 Å². The summed E-state index contributed by atoms with van der Waals surface area (Å²) < 4.78 is 17.1. The molecule has 0 aliphatic carbocycles. The zero-order chi connectivity index (χ0) is 16.0. The highest BCUT2D eigenvalue weighted by atomic mass is 16.7. The van der Waals surface area contributed by atoms with Crippen molar-refractivity contribution in [3.63, 3.8) is 0 Å². The molecule has 0 atom stereocenters. The SMILES string of the molecule is COC(=O)c1c(C)ccc(C)c1B1OC(C)(C)C(C)(C)O1. The highest BCUT2D eigenvalue weighted by molar-refractivity contribution is 6.64. The smallest absolute Gasteiger partial charge is 0.465 e. The van der Waals surface area contributed by atoms with E-state index < -0.39 is 18.3 Å². The molecule has 4 nitrogen and oxygen atoms in total. The van der Waals surface area contributed by atoms with Crippen molar-refractivity contribution in [2.45, 2.75) is 52.7 Å². The molecule has 0 N–H and O–H groups in total. The first-order chi connectivity index (χ1) is 9.60. The summed E-state index contributed by atoms with van der Waals surface area (Å²) in [4.78, 5) is 12.2. The predicted octanol–water partition coefficient (Wildman–Crippen LogP) is 2.39. The quantitative estimate of drug-likeness (QED) is 0.619. The van der Waals surface area contributed by atoms with Gasteiger partial charge in [-0.1, -0.05) is 17.7 Å². The van der Waals surface area contributed by atoms with Crippen molar-refractivity contribution < 1.29 is 18.8 Å². The molecule has 0 radical (unpaired) electrons. The Labute approximate surface area is 126 Å². The minimum absolute atomic E-state index is 0.360. The molecule has 2 rings (SSSR count). The first-order valence-corrected chi connectivity index (χ1v) is 7.15. The lowest BCUT2D eigenvalue weighted by atomic mass is 9.72. The molecule has 0 unspecified atom stereocenters. The predicted molar refractivity (Wildman–Crippen MR) is 83.0 cm³/mol. The van der Waals surface area contributed by atoms with Crippen LogP contribution in [0.2, 0.25) is 0 Å². The van der Waals surface area contributed by atoms with E-state index in [4.69, 9.17) is 14.0 Å². The van der Waals surface area contributed by atoms with Gasteiger partial charge in [0.05, 0.1) is 23.9 Å². The van der Waals surface area contributed by atoms with Gasteiger partial charge in [-0.15, -0.1) is 0 Å². The van der Waals surface area contributed by atoms with E-state index in [1.165, 1.54) is 7.11 Å². The topological polar surface area (TPSA) is 44.8 Å². The van der Waals surface area contributed by atoms with Gasteiger partial charge in [0.2, 0.25) is 0 Å². The summed E-state index contributed by atoms with van der Waals surface area (Å²) >= 11 is 0. The zero-order valence-corrected chi connectivity index (χ0v) is 13.9. The number of carbonyl (C=O) groups excluding carboxylic acids is 1. The van der Waals surface area contributed by atoms with Crippen LogP contribution in [0, 0.1) is 13.8 Å². The molecule has 114 valence electrons. The van der Waals surface area contributed by atoms with Crippen LogP contribution in [0.5, 0.6) is 0 Å². The zero-order valence-electron chi connectivity index (χ0n) is 13.9. The van der Waals surface area contributed by atoms with Crippen LogP contribution in [0.3, 0.4) is 0 Å². The minimum atomic E-state index is -0.566. The van der Waals surface area contributed by atoms with Gasteiger partial charge in [-0.25, -0.2) is 4.79 Å². The van der Waals surface area contributed by atoms with Crippen LogP contribution in [0.4, 0.5) is 0 Å². The van der Waals surface area contributed by atoms with Crippen LogP contribution in [0.1, 0.15) is 49.2 Å². The van der Waals surface area contributed by atoms with Crippen molar-refractivity contribution in [2.24, 2.45) is 0 Å². The number of methoxy groups -OCH3 is 1. The van der Waals surface area contributed by atoms with Crippen molar-refractivity contribution in [3.05, 3.63) is 28.8 Å². The molecular formula is C16H23BO4. The van der Waals surface area contributed by atoms with Crippen LogP contribution >= 0.6 is 0 Å². The molecular weight excluding hydrogens is 267 g/mol. The summed E-state index contributed by atoms with van der Waals surface area (Å²) in [5.74, 6) is -0.360. The summed E-state index contributed by atoms with van der Waals surface area (Å²) in [5.41, 5.74) is 2.23. The number of rotatable bonds is 2. The molecule has 5 heteroatoms. The van der Waals surface area contributed by atoms with Crippen molar-refractivity contribution in [2.75, 3.05) is 7.11 Å². The van der Waals surface area contributed by atoms with Crippen molar-refractivity contribution in [1.29, 1.82) is 0 Å². The second kappa shape index (κ2) is 5.14. The fourth-order valence-electron chi connectivity index (χ4n) is 2.47. The Morgan fingerprint density at radius 3 is 2.00 bits per heavy atom. The molecule has 1 aromatic carbocycles. The van der Waals surface area contributed by atoms with Crippen LogP contribution in [0.25, 0.3) is 0 Å². The average Bonchev–Trinajstić information content (AvgIpc) is 2.59. The maximum Gasteiger partial charge on any atom is 0.496 e. The summed E-state index contributed by atoms with van der Waals surface area (Å²) in [6.07, 6.45) is 0. The van der Waals surface area contributed by atoms with Crippen molar-refractivity contribution in [3.8, 4) is 0 Å². The number of esters is 1. The highest BCUT2D eigenvalue weighted by Gasteiger charge is 2.53. The van der Waals surface area contributed by atoms with E-state index in [2.05, 4.69) is 0 Å². The lowest BCUT2D eigenvalue weighted by Crippen LogP contribution is -2.41. The number of hydrogen-bond donors (Lipinski definition) is 0. The van der Waals surface area contributed by atoms with E-state index in [0.717, 1.165) is 16.6 Å². The largest absolute Gasteiger partial charge is 0.496 e. The molecule has 1 aliphatic rings. The first-order valence-electron chi connectivity index (χ1n) is 7.15. The van der Waals surface area contributed by atoms with Gasteiger partial charge in [-0.05, 0) is 47.1 Å². The monoisotopic (exact) mass is 290 g/mol. The Morgan fingerprint density at radius 1 is 1.05 bits per heavy atom. The molecule has 0 bridgehead atoms. The molecule has 1 heterocycles. The maximum absolute atomic E-state index is 12.2. The molecule has 1 aliphatic heterocycles. The van der Waals surface area contributed by atoms with Crippen LogP contribution in [0.15, 0.2) is 12.1 Å². The molecule has 1 saturated heterocycles. The Bertz CT molecular complexity index is 562. The van der Waals surface area contributed by atoms with Gasteiger partial charge in [-0.2, -0.15) is 0 Å².